The van der Waals surface area contributed by atoms with Gasteiger partial charge in [-0.25, -0.2) is 9.98 Å². The maximum Gasteiger partial charge on any atom is 0.153 e. The first kappa shape index (κ1) is 28.4. The van der Waals surface area contributed by atoms with Gasteiger partial charge in [-0.1, -0.05) is 111 Å². The molecule has 8 aromatic rings. The normalized spacial score (nSPS) is 17.2. The van der Waals surface area contributed by atoms with Crippen LogP contribution < -0.4 is 5.32 Å². The van der Waals surface area contributed by atoms with Gasteiger partial charge in [-0.05, 0) is 70.8 Å². The summed E-state index contributed by atoms with van der Waals surface area (Å²) in [6.07, 6.45) is 8.50. The molecule has 11 rings (SSSR count). The van der Waals surface area contributed by atoms with E-state index >= 15 is 0 Å². The van der Waals surface area contributed by atoms with Gasteiger partial charge in [0.25, 0.3) is 0 Å². The molecule has 1 N–H and O–H groups in total. The van der Waals surface area contributed by atoms with Crippen LogP contribution >= 0.6 is 0 Å². The topological polar surface area (TPSA) is 55.4 Å². The molecular formula is C46H32N4O. The number of hydrogen-bond donors (Lipinski definition) is 1. The van der Waals surface area contributed by atoms with Gasteiger partial charge in [0.05, 0.1) is 22.8 Å². The molecule has 0 amide bonds. The van der Waals surface area contributed by atoms with Crippen LogP contribution in [-0.2, 0) is 5.41 Å². The van der Waals surface area contributed by atoms with Crippen LogP contribution in [0.15, 0.2) is 161 Å². The summed E-state index contributed by atoms with van der Waals surface area (Å²) in [5.41, 5.74) is 13.1. The van der Waals surface area contributed by atoms with Gasteiger partial charge in [-0.3, -0.25) is 4.57 Å². The molecule has 1 unspecified atom stereocenters. The van der Waals surface area contributed by atoms with E-state index < -0.39 is 0 Å². The van der Waals surface area contributed by atoms with E-state index in [9.17, 15) is 0 Å². The predicted octanol–water partition coefficient (Wildman–Crippen LogP) is 10.6. The molecule has 0 spiro atoms. The summed E-state index contributed by atoms with van der Waals surface area (Å²) in [7, 11) is 0. The molecule has 242 valence electrons. The van der Waals surface area contributed by atoms with Crippen LogP contribution in [0, 0.1) is 0 Å². The van der Waals surface area contributed by atoms with Gasteiger partial charge in [0.1, 0.15) is 22.7 Å². The number of furan rings is 1. The number of para-hydroxylation sites is 2. The second kappa shape index (κ2) is 10.3. The smallest absolute Gasteiger partial charge is 0.153 e. The summed E-state index contributed by atoms with van der Waals surface area (Å²) in [5.74, 6) is 1.62. The van der Waals surface area contributed by atoms with Gasteiger partial charge in [0.15, 0.2) is 5.84 Å². The highest BCUT2D eigenvalue weighted by Crippen LogP contribution is 2.52. The van der Waals surface area contributed by atoms with Crippen LogP contribution in [0.1, 0.15) is 36.2 Å². The number of nitrogens with one attached hydrogen (secondary N) is 1. The van der Waals surface area contributed by atoms with Crippen LogP contribution in [0.25, 0.3) is 66.4 Å². The Labute approximate surface area is 294 Å². The Kier molecular flexibility index (Phi) is 5.72. The highest BCUT2D eigenvalue weighted by atomic mass is 16.3. The van der Waals surface area contributed by atoms with E-state index in [0.717, 1.165) is 67.2 Å². The predicted molar refractivity (Wildman–Crippen MR) is 209 cm³/mol. The lowest BCUT2D eigenvalue weighted by Crippen LogP contribution is -2.39. The van der Waals surface area contributed by atoms with Gasteiger partial charge in [-0.2, -0.15) is 0 Å². The lowest BCUT2D eigenvalue weighted by Gasteiger charge is -2.27. The molecule has 5 aromatic carbocycles. The zero-order chi connectivity index (χ0) is 33.8. The fraction of sp³-hybridized carbons (Fsp3) is 0.0870. The van der Waals surface area contributed by atoms with Gasteiger partial charge < -0.3 is 9.73 Å². The molecule has 0 fully saturated rings. The summed E-state index contributed by atoms with van der Waals surface area (Å²) in [4.78, 5) is 10.5. The van der Waals surface area contributed by atoms with Crippen molar-refractivity contribution in [2.45, 2.75) is 25.3 Å². The highest BCUT2D eigenvalue weighted by molar-refractivity contribution is 6.13. The van der Waals surface area contributed by atoms with E-state index in [4.69, 9.17) is 14.4 Å². The molecule has 5 heteroatoms. The fourth-order valence-corrected chi connectivity index (χ4v) is 8.55. The molecule has 0 saturated heterocycles. The number of aliphatic imine (C=N–C) groups is 1. The molecule has 1 aliphatic heterocycles. The van der Waals surface area contributed by atoms with Gasteiger partial charge in [0, 0.05) is 38.1 Å². The Hall–Kier alpha value is -6.46. The number of rotatable bonds is 3. The number of fused-ring (bicyclic) bond motifs is 10. The number of pyridine rings is 1. The Morgan fingerprint density at radius 2 is 1.43 bits per heavy atom. The quantitative estimate of drug-likeness (QED) is 0.206. The third kappa shape index (κ3) is 4.03. The van der Waals surface area contributed by atoms with Crippen molar-refractivity contribution < 1.29 is 4.42 Å². The molecular weight excluding hydrogens is 625 g/mol. The van der Waals surface area contributed by atoms with E-state index in [1.165, 1.54) is 33.0 Å². The van der Waals surface area contributed by atoms with Crippen LogP contribution in [0.4, 0.5) is 0 Å². The lowest BCUT2D eigenvalue weighted by molar-refractivity contribution is 0.647. The van der Waals surface area contributed by atoms with Crippen LogP contribution in [0.5, 0.6) is 0 Å². The monoisotopic (exact) mass is 656 g/mol. The minimum Gasteiger partial charge on any atom is -0.456 e. The number of benzene rings is 5. The van der Waals surface area contributed by atoms with Crippen molar-refractivity contribution in [2.75, 3.05) is 0 Å². The van der Waals surface area contributed by atoms with Crippen molar-refractivity contribution in [3.8, 4) is 16.9 Å². The van der Waals surface area contributed by atoms with Crippen molar-refractivity contribution in [2.24, 2.45) is 4.99 Å². The molecule has 4 heterocycles. The van der Waals surface area contributed by atoms with Gasteiger partial charge in [0.2, 0.25) is 0 Å². The number of nitrogens with zero attached hydrogens (tertiary/aromatic N) is 3. The van der Waals surface area contributed by atoms with Crippen LogP contribution in [0.3, 0.4) is 0 Å². The minimum atomic E-state index is -0.219. The van der Waals surface area contributed by atoms with E-state index in [1.54, 1.807) is 0 Å². The van der Waals surface area contributed by atoms with E-state index in [2.05, 4.69) is 157 Å². The van der Waals surface area contributed by atoms with Crippen molar-refractivity contribution in [3.05, 3.63) is 174 Å². The van der Waals surface area contributed by atoms with E-state index in [-0.39, 0.29) is 11.5 Å². The molecule has 2 aliphatic carbocycles. The first-order chi connectivity index (χ1) is 25.0. The van der Waals surface area contributed by atoms with E-state index in [1.807, 2.05) is 12.1 Å². The summed E-state index contributed by atoms with van der Waals surface area (Å²) >= 11 is 0. The summed E-state index contributed by atoms with van der Waals surface area (Å²) in [6, 6.07) is 43.1. The van der Waals surface area contributed by atoms with Crippen LogP contribution in [-0.4, -0.2) is 21.4 Å². The van der Waals surface area contributed by atoms with Crippen LogP contribution in [0.2, 0.25) is 0 Å². The van der Waals surface area contributed by atoms with Gasteiger partial charge in [-0.15, -0.1) is 0 Å². The molecule has 5 nitrogen and oxygen atoms in total. The molecule has 0 saturated carbocycles. The second-order valence-corrected chi connectivity index (χ2v) is 14.3. The zero-order valence-electron chi connectivity index (χ0n) is 28.2. The van der Waals surface area contributed by atoms with Crippen molar-refractivity contribution >= 4 is 55.3 Å². The molecule has 0 bridgehead atoms. The summed E-state index contributed by atoms with van der Waals surface area (Å²) in [5, 5.41) is 8.40. The first-order valence-corrected chi connectivity index (χ1v) is 17.5. The van der Waals surface area contributed by atoms with Crippen molar-refractivity contribution in [1.82, 2.24) is 14.9 Å². The number of allylic oxidation sites excluding steroid dienone is 2. The Balaban J connectivity index is 1.10. The molecule has 51 heavy (non-hydrogen) atoms. The largest absolute Gasteiger partial charge is 0.456 e. The van der Waals surface area contributed by atoms with Crippen molar-refractivity contribution in [1.29, 1.82) is 0 Å². The van der Waals surface area contributed by atoms with Gasteiger partial charge >= 0.3 is 0 Å². The van der Waals surface area contributed by atoms with E-state index in [0.29, 0.717) is 0 Å². The third-order valence-electron chi connectivity index (χ3n) is 11.0. The average Bonchev–Trinajstić information content (AvgIpc) is 3.78. The summed E-state index contributed by atoms with van der Waals surface area (Å²) < 4.78 is 8.67. The fourth-order valence-electron chi connectivity index (χ4n) is 8.55. The maximum atomic E-state index is 6.35. The zero-order valence-corrected chi connectivity index (χ0v) is 28.2. The average molecular weight is 657 g/mol. The number of hydrogen-bond acceptors (Lipinski definition) is 4. The Morgan fingerprint density at radius 1 is 0.667 bits per heavy atom. The number of aromatic nitrogens is 2. The third-order valence-corrected chi connectivity index (χ3v) is 11.0. The minimum absolute atomic E-state index is 0.0168. The lowest BCUT2D eigenvalue weighted by atomic mass is 9.82. The Morgan fingerprint density at radius 3 is 2.31 bits per heavy atom. The molecule has 1 atom stereocenters. The molecule has 0 radical (unpaired) electrons. The SMILES string of the molecule is CC1(C)c2cc3oc4ccccc4c3cc2-c2cc3c4ccccc4n(-c4cccc(C5=NC(c6ccccc6)=C6C=CC=CC6N5)n4)c3cc21. The second-order valence-electron chi connectivity index (χ2n) is 14.3. The summed E-state index contributed by atoms with van der Waals surface area (Å²) in [6.45, 7) is 4.66. The number of amidine groups is 1. The first-order valence-electron chi connectivity index (χ1n) is 17.5. The standard InChI is InChI=1S/C46H32N4O/c1-46(2)35-25-40-33(23-31(35)32-24-34-29-16-8-11-21-41(29)51-42(34)26-36(32)46)28-15-7-10-20-39(28)50(40)43-22-12-19-38(47-43)45-48-37-18-9-6-17-30(37)44(49-45)27-13-4-3-5-14-27/h3-26,37H,1-2H3,(H,48,49). The highest BCUT2D eigenvalue weighted by Gasteiger charge is 2.37. The Bertz CT molecular complexity index is 2920. The van der Waals surface area contributed by atoms with Crippen molar-refractivity contribution in [3.63, 3.8) is 0 Å². The molecule has 3 aromatic heterocycles. The maximum absolute atomic E-state index is 6.35. The molecule has 3 aliphatic rings.